The molecule has 2 rings (SSSR count). The minimum atomic E-state index is 0.101. The van der Waals surface area contributed by atoms with E-state index in [-0.39, 0.29) is 5.95 Å². The van der Waals surface area contributed by atoms with E-state index >= 15 is 0 Å². The Morgan fingerprint density at radius 1 is 1.45 bits per heavy atom. The summed E-state index contributed by atoms with van der Waals surface area (Å²) in [5.74, 6) is 0.743. The average molecular weight is 402 g/mol. The SMILES string of the molecule is C=CCOc1c(Br)cc(Br)cc1/C=N\n1nnnc1N. The molecule has 7 nitrogen and oxygen atoms in total. The smallest absolute Gasteiger partial charge is 0.263 e. The lowest BCUT2D eigenvalue weighted by atomic mass is 10.2. The van der Waals surface area contributed by atoms with Gasteiger partial charge in [-0.25, -0.2) is 0 Å². The Morgan fingerprint density at radius 3 is 2.90 bits per heavy atom. The van der Waals surface area contributed by atoms with Gasteiger partial charge in [0.15, 0.2) is 0 Å². The number of nitrogen functional groups attached to an aromatic ring is 1. The molecule has 20 heavy (non-hydrogen) atoms. The van der Waals surface area contributed by atoms with Crippen LogP contribution in [0.5, 0.6) is 5.75 Å². The summed E-state index contributed by atoms with van der Waals surface area (Å²) in [4.78, 5) is 1.12. The van der Waals surface area contributed by atoms with Crippen LogP contribution < -0.4 is 10.5 Å². The van der Waals surface area contributed by atoms with Gasteiger partial charge in [0, 0.05) is 10.0 Å². The zero-order valence-corrected chi connectivity index (χ0v) is 13.4. The summed E-state index contributed by atoms with van der Waals surface area (Å²) in [7, 11) is 0. The Balaban J connectivity index is 2.36. The van der Waals surface area contributed by atoms with Crippen molar-refractivity contribution >= 4 is 44.0 Å². The van der Waals surface area contributed by atoms with E-state index in [2.05, 4.69) is 59.1 Å². The highest BCUT2D eigenvalue weighted by Crippen LogP contribution is 2.32. The number of benzene rings is 1. The van der Waals surface area contributed by atoms with Gasteiger partial charge < -0.3 is 10.5 Å². The molecule has 2 aromatic rings. The molecular weight excluding hydrogens is 392 g/mol. The number of hydrogen-bond donors (Lipinski definition) is 1. The molecule has 0 fully saturated rings. The molecule has 0 aliphatic heterocycles. The molecule has 2 N–H and O–H groups in total. The summed E-state index contributed by atoms with van der Waals surface area (Å²) in [5, 5.41) is 14.6. The highest BCUT2D eigenvalue weighted by Gasteiger charge is 2.09. The van der Waals surface area contributed by atoms with Gasteiger partial charge in [-0.3, -0.25) is 0 Å². The predicted molar refractivity (Wildman–Crippen MR) is 82.8 cm³/mol. The van der Waals surface area contributed by atoms with Crippen LogP contribution >= 0.6 is 31.9 Å². The fourth-order valence-corrected chi connectivity index (χ4v) is 2.73. The molecule has 0 radical (unpaired) electrons. The van der Waals surface area contributed by atoms with Crippen molar-refractivity contribution in [2.24, 2.45) is 5.10 Å². The molecule has 1 aromatic heterocycles. The monoisotopic (exact) mass is 400 g/mol. The van der Waals surface area contributed by atoms with Gasteiger partial charge >= 0.3 is 0 Å². The third kappa shape index (κ3) is 3.42. The highest BCUT2D eigenvalue weighted by molar-refractivity contribution is 9.11. The molecule has 1 heterocycles. The van der Waals surface area contributed by atoms with Gasteiger partial charge in [-0.05, 0) is 38.5 Å². The standard InChI is InChI=1S/C11H10Br2N6O/c1-2-3-20-10-7(4-8(12)5-9(10)13)6-15-19-11(14)16-17-18-19/h2,4-6H,1,3H2,(H2,14,16,18)/b15-6-. The van der Waals surface area contributed by atoms with E-state index in [0.29, 0.717) is 12.4 Å². The Bertz CT molecular complexity index is 654. The summed E-state index contributed by atoms with van der Waals surface area (Å²) in [6.07, 6.45) is 3.22. The fraction of sp³-hybridized carbons (Fsp3) is 0.0909. The first-order valence-corrected chi connectivity index (χ1v) is 7.01. The van der Waals surface area contributed by atoms with Crippen LogP contribution in [0.15, 0.2) is 38.8 Å². The second kappa shape index (κ2) is 6.62. The predicted octanol–water partition coefficient (Wildman–Crippen LogP) is 2.23. The first-order chi connectivity index (χ1) is 9.61. The van der Waals surface area contributed by atoms with E-state index in [1.165, 1.54) is 0 Å². The number of aromatic nitrogens is 4. The Hall–Kier alpha value is -1.74. The number of rotatable bonds is 5. The average Bonchev–Trinajstić information content (AvgIpc) is 2.80. The van der Waals surface area contributed by atoms with Crippen molar-refractivity contribution in [1.82, 2.24) is 20.3 Å². The summed E-state index contributed by atoms with van der Waals surface area (Å²) in [6.45, 7) is 4.00. The summed E-state index contributed by atoms with van der Waals surface area (Å²) < 4.78 is 7.27. The summed E-state index contributed by atoms with van der Waals surface area (Å²) in [6, 6.07) is 3.73. The van der Waals surface area contributed by atoms with E-state index < -0.39 is 0 Å². The molecule has 0 unspecified atom stereocenters. The normalized spacial score (nSPS) is 10.9. The van der Waals surface area contributed by atoms with Gasteiger partial charge in [-0.2, -0.15) is 5.10 Å². The van der Waals surface area contributed by atoms with Crippen LogP contribution in [0.4, 0.5) is 5.95 Å². The third-order valence-electron chi connectivity index (χ3n) is 2.17. The van der Waals surface area contributed by atoms with Crippen LogP contribution in [0.25, 0.3) is 0 Å². The van der Waals surface area contributed by atoms with Crippen molar-refractivity contribution in [2.75, 3.05) is 12.3 Å². The molecule has 104 valence electrons. The molecular formula is C11H10Br2N6O. The lowest BCUT2D eigenvalue weighted by Crippen LogP contribution is -2.02. The van der Waals surface area contributed by atoms with E-state index in [9.17, 15) is 0 Å². The molecule has 0 saturated carbocycles. The van der Waals surface area contributed by atoms with Crippen LogP contribution in [0.2, 0.25) is 0 Å². The van der Waals surface area contributed by atoms with Crippen molar-refractivity contribution in [3.63, 3.8) is 0 Å². The molecule has 0 aliphatic carbocycles. The first kappa shape index (κ1) is 14.7. The molecule has 0 atom stereocenters. The van der Waals surface area contributed by atoms with E-state index in [1.807, 2.05) is 12.1 Å². The van der Waals surface area contributed by atoms with Crippen molar-refractivity contribution in [2.45, 2.75) is 0 Å². The van der Waals surface area contributed by atoms with Crippen LogP contribution in [0.1, 0.15) is 5.56 Å². The van der Waals surface area contributed by atoms with Gasteiger partial charge in [0.2, 0.25) is 0 Å². The lowest BCUT2D eigenvalue weighted by molar-refractivity contribution is 0.360. The third-order valence-corrected chi connectivity index (χ3v) is 3.21. The number of halogens is 2. The minimum absolute atomic E-state index is 0.101. The Kier molecular flexibility index (Phi) is 4.85. The van der Waals surface area contributed by atoms with Crippen molar-refractivity contribution in [1.29, 1.82) is 0 Å². The quantitative estimate of drug-likeness (QED) is 0.612. The first-order valence-electron chi connectivity index (χ1n) is 5.42. The molecule has 0 amide bonds. The Morgan fingerprint density at radius 2 is 2.25 bits per heavy atom. The van der Waals surface area contributed by atoms with Crippen molar-refractivity contribution < 1.29 is 4.74 Å². The number of nitrogens with zero attached hydrogens (tertiary/aromatic N) is 5. The number of anilines is 1. The second-order valence-electron chi connectivity index (χ2n) is 3.58. The van der Waals surface area contributed by atoms with Crippen molar-refractivity contribution in [3.05, 3.63) is 39.3 Å². The lowest BCUT2D eigenvalue weighted by Gasteiger charge is -2.10. The molecule has 0 spiro atoms. The van der Waals surface area contributed by atoms with Crippen LogP contribution in [-0.2, 0) is 0 Å². The number of ether oxygens (including phenoxy) is 1. The maximum atomic E-state index is 5.60. The van der Waals surface area contributed by atoms with Gasteiger partial charge in [0.1, 0.15) is 12.4 Å². The fourth-order valence-electron chi connectivity index (χ4n) is 1.36. The molecule has 0 bridgehead atoms. The Labute approximate surface area is 131 Å². The highest BCUT2D eigenvalue weighted by atomic mass is 79.9. The van der Waals surface area contributed by atoms with Gasteiger partial charge in [0.05, 0.1) is 10.7 Å². The van der Waals surface area contributed by atoms with Crippen molar-refractivity contribution in [3.8, 4) is 5.75 Å². The molecule has 1 aromatic carbocycles. The zero-order chi connectivity index (χ0) is 14.5. The van der Waals surface area contributed by atoms with Crippen LogP contribution in [0.3, 0.4) is 0 Å². The second-order valence-corrected chi connectivity index (χ2v) is 5.35. The minimum Gasteiger partial charge on any atom is -0.488 e. The summed E-state index contributed by atoms with van der Waals surface area (Å²) in [5.41, 5.74) is 6.27. The zero-order valence-electron chi connectivity index (χ0n) is 10.2. The molecule has 0 aliphatic rings. The van der Waals surface area contributed by atoms with Crippen LogP contribution in [-0.4, -0.2) is 33.1 Å². The number of hydrogen-bond acceptors (Lipinski definition) is 6. The number of tetrazole rings is 1. The largest absolute Gasteiger partial charge is 0.488 e. The molecule has 0 saturated heterocycles. The molecule has 9 heteroatoms. The number of nitrogens with two attached hydrogens (primary N) is 1. The van der Waals surface area contributed by atoms with Gasteiger partial charge in [0.25, 0.3) is 5.95 Å². The maximum absolute atomic E-state index is 5.60. The topological polar surface area (TPSA) is 91.2 Å². The van der Waals surface area contributed by atoms with E-state index in [4.69, 9.17) is 10.5 Å². The van der Waals surface area contributed by atoms with Crippen LogP contribution in [0, 0.1) is 0 Å². The van der Waals surface area contributed by atoms with Gasteiger partial charge in [-0.1, -0.05) is 38.5 Å². The van der Waals surface area contributed by atoms with Gasteiger partial charge in [-0.15, -0.1) is 0 Å². The summed E-state index contributed by atoms with van der Waals surface area (Å²) >= 11 is 6.85. The van der Waals surface area contributed by atoms with E-state index in [1.54, 1.807) is 12.3 Å². The van der Waals surface area contributed by atoms with E-state index in [0.717, 1.165) is 19.3 Å². The maximum Gasteiger partial charge on any atom is 0.263 e.